The van der Waals surface area contributed by atoms with Gasteiger partial charge in [0.2, 0.25) is 6.04 Å². The van der Waals surface area contributed by atoms with Crippen molar-refractivity contribution in [1.82, 2.24) is 4.90 Å². The molecule has 12 heteroatoms. The molecule has 4 N–H and O–H groups in total. The number of nitrogens with one attached hydrogen (secondary N) is 1. The molecular weight excluding hydrogens is 562 g/mol. The molecule has 0 spiro atoms. The molecule has 27 heavy (non-hydrogen) atoms. The third-order valence-corrected chi connectivity index (χ3v) is 3.27. The zero-order valence-corrected chi connectivity index (χ0v) is 19.2. The average molecular weight is 595 g/mol. The summed E-state index contributed by atoms with van der Waals surface area (Å²) in [5.41, 5.74) is 6.84. The molecule has 0 radical (unpaired) electrons. The number of likely N-dealkylation sites (N-methyl/N-ethyl adjacent to an activating group) is 1. The SMILES string of the molecule is CCCC.CCN(CC)C(C(=O)O)C(=O)O.O=[P+]([O-])OO.[CH2-]C1CC1[NH-].[HH].[Pt+2]. The Balaban J connectivity index is -0.0000000923. The summed E-state index contributed by atoms with van der Waals surface area (Å²) in [6.07, 6.45) is 3.67. The van der Waals surface area contributed by atoms with Crippen LogP contribution in [0, 0.1) is 12.8 Å². The van der Waals surface area contributed by atoms with Gasteiger partial charge in [-0.05, 0) is 17.7 Å². The van der Waals surface area contributed by atoms with Crippen molar-refractivity contribution in [3.8, 4) is 0 Å². The molecule has 166 valence electrons. The minimum atomic E-state index is -3.04. The van der Waals surface area contributed by atoms with Gasteiger partial charge in [0.15, 0.2) is 0 Å². The van der Waals surface area contributed by atoms with Crippen molar-refractivity contribution in [2.75, 3.05) is 13.1 Å². The molecule has 0 aromatic rings. The first kappa shape index (κ1) is 34.1. The van der Waals surface area contributed by atoms with E-state index in [2.05, 4.69) is 25.4 Å². The monoisotopic (exact) mass is 595 g/mol. The second-order valence-electron chi connectivity index (χ2n) is 5.21. The topological polar surface area (TPSA) is 171 Å². The molecule has 3 unspecified atom stereocenters. The standard InChI is InChI=1S/C7H13NO4.C4H7N.C4H10.HO4P.Pt.H2/c1-3-8(4-2)5(6(9)10)7(11)12;1-3-2-4(3)5;1-3-4-2;1-4-5(2)3;;/h5H,3-4H2,1-2H3,(H,9,10)(H,11,12);3-5H,1-2H2;3-4H2,1-2H3;1H;;1H/q;-2;;;+2;. The first-order valence-electron chi connectivity index (χ1n) is 8.23. The van der Waals surface area contributed by atoms with E-state index in [9.17, 15) is 9.59 Å². The molecule has 1 aliphatic rings. The van der Waals surface area contributed by atoms with Crippen LogP contribution in [0.2, 0.25) is 0 Å². The second kappa shape index (κ2) is 21.8. The zero-order chi connectivity index (χ0) is 21.3. The normalized spacial score (nSPS) is 17.0. The predicted octanol–water partition coefficient (Wildman–Crippen LogP) is 2.67. The van der Waals surface area contributed by atoms with Crippen LogP contribution in [0.25, 0.3) is 5.73 Å². The van der Waals surface area contributed by atoms with Gasteiger partial charge in [-0.3, -0.25) is 4.90 Å². The maximum absolute atomic E-state index is 10.5. The molecule has 1 rings (SSSR count). The van der Waals surface area contributed by atoms with Gasteiger partial charge in [0, 0.05) is 6.10 Å². The van der Waals surface area contributed by atoms with E-state index in [1.807, 2.05) is 0 Å². The molecule has 0 heterocycles. The van der Waals surface area contributed by atoms with Crippen LogP contribution < -0.4 is 4.89 Å². The van der Waals surface area contributed by atoms with E-state index < -0.39 is 26.2 Å². The predicted molar refractivity (Wildman–Crippen MR) is 97.6 cm³/mol. The number of hydrogen-bond acceptors (Lipinski definition) is 7. The third kappa shape index (κ3) is 23.5. The summed E-state index contributed by atoms with van der Waals surface area (Å²) in [6, 6.07) is -1.23. The minimum Gasteiger partial charge on any atom is -0.677 e. The Kier molecular flexibility index (Phi) is 27.5. The van der Waals surface area contributed by atoms with Gasteiger partial charge in [-0.2, -0.15) is 12.0 Å². The number of nitrogens with zero attached hydrogens (tertiary/aromatic N) is 1. The summed E-state index contributed by atoms with van der Waals surface area (Å²) in [4.78, 5) is 31.3. The smallest absolute Gasteiger partial charge is 0.677 e. The van der Waals surface area contributed by atoms with Crippen LogP contribution in [0.3, 0.4) is 0 Å². The van der Waals surface area contributed by atoms with Crippen LogP contribution in [0.4, 0.5) is 0 Å². The Morgan fingerprint density at radius 1 is 1.26 bits per heavy atom. The van der Waals surface area contributed by atoms with Crippen molar-refractivity contribution in [3.05, 3.63) is 12.7 Å². The molecule has 0 aromatic heterocycles. The largest absolute Gasteiger partial charge is 2.00 e. The van der Waals surface area contributed by atoms with Crippen LogP contribution in [0.1, 0.15) is 48.4 Å². The fraction of sp³-hybridized carbons (Fsp3) is 0.800. The van der Waals surface area contributed by atoms with Gasteiger partial charge in [-0.1, -0.05) is 47.0 Å². The molecule has 0 bridgehead atoms. The first-order chi connectivity index (χ1) is 12.0. The Morgan fingerprint density at radius 3 is 1.56 bits per heavy atom. The number of carbonyl (C=O) groups is 2. The molecule has 0 aromatic carbocycles. The number of unbranched alkanes of at least 4 members (excludes halogenated alkanes) is 1. The zero-order valence-electron chi connectivity index (χ0n) is 16.1. The van der Waals surface area contributed by atoms with E-state index in [1.165, 1.54) is 17.7 Å². The Bertz CT molecular complexity index is 384. The van der Waals surface area contributed by atoms with E-state index in [-0.39, 0.29) is 28.5 Å². The fourth-order valence-corrected chi connectivity index (χ4v) is 1.25. The summed E-state index contributed by atoms with van der Waals surface area (Å²) in [5, 5.41) is 24.2. The van der Waals surface area contributed by atoms with E-state index in [0.717, 1.165) is 6.42 Å². The maximum Gasteiger partial charge on any atom is 2.00 e. The van der Waals surface area contributed by atoms with Gasteiger partial charge in [-0.15, -0.1) is 0 Å². The third-order valence-electron chi connectivity index (χ3n) is 3.13. The van der Waals surface area contributed by atoms with E-state index in [4.69, 9.17) is 30.7 Å². The molecule has 0 saturated heterocycles. The van der Waals surface area contributed by atoms with Gasteiger partial charge >= 0.3 is 41.3 Å². The molecule has 10 nitrogen and oxygen atoms in total. The van der Waals surface area contributed by atoms with Gasteiger partial charge in [-0.25, -0.2) is 14.8 Å². The van der Waals surface area contributed by atoms with Gasteiger partial charge in [0.05, 0.1) is 0 Å². The molecule has 0 amide bonds. The van der Waals surface area contributed by atoms with Crippen LogP contribution in [0.15, 0.2) is 0 Å². The van der Waals surface area contributed by atoms with E-state index in [0.29, 0.717) is 19.0 Å². The van der Waals surface area contributed by atoms with Gasteiger partial charge in [0.1, 0.15) is 0 Å². The summed E-state index contributed by atoms with van der Waals surface area (Å²) < 4.78 is 11.6. The van der Waals surface area contributed by atoms with Crippen molar-refractivity contribution in [2.45, 2.75) is 59.0 Å². The van der Waals surface area contributed by atoms with Crippen molar-refractivity contribution in [1.29, 1.82) is 0 Å². The molecule has 1 aliphatic carbocycles. The number of aliphatic carboxylic acids is 2. The number of carboxylic acid groups (broad SMARTS) is 2. The summed E-state index contributed by atoms with van der Waals surface area (Å²) in [6.45, 7) is 12.3. The first-order valence-corrected chi connectivity index (χ1v) is 9.32. The molecule has 0 aliphatic heterocycles. The maximum atomic E-state index is 10.5. The van der Waals surface area contributed by atoms with Crippen LogP contribution >= 0.6 is 8.25 Å². The molecule has 1 fully saturated rings. The van der Waals surface area contributed by atoms with Crippen LogP contribution in [-0.4, -0.2) is 57.5 Å². The summed E-state index contributed by atoms with van der Waals surface area (Å²) >= 11 is 0. The number of hydrogen-bond donors (Lipinski definition) is 3. The minimum absolute atomic E-state index is 0. The fourth-order valence-electron chi connectivity index (χ4n) is 1.25. The molecule has 3 atom stereocenters. The van der Waals surface area contributed by atoms with Crippen LogP contribution in [0.5, 0.6) is 0 Å². The van der Waals surface area contributed by atoms with Crippen molar-refractivity contribution < 1.29 is 61.7 Å². The average Bonchev–Trinajstić information content (AvgIpc) is 3.24. The quantitative estimate of drug-likeness (QED) is 0.132. The van der Waals surface area contributed by atoms with Crippen molar-refractivity contribution in [3.63, 3.8) is 0 Å². The Morgan fingerprint density at radius 2 is 1.52 bits per heavy atom. The number of carboxylic acids is 2. The van der Waals surface area contributed by atoms with Crippen LogP contribution in [-0.2, 0) is 39.9 Å². The second-order valence-corrected chi connectivity index (χ2v) is 5.82. The van der Waals surface area contributed by atoms with Gasteiger partial charge in [0.25, 0.3) is 0 Å². The van der Waals surface area contributed by atoms with E-state index >= 15 is 0 Å². The molecular formula is C15H33N2O8PPt. The van der Waals surface area contributed by atoms with Crippen molar-refractivity contribution in [2.24, 2.45) is 5.92 Å². The van der Waals surface area contributed by atoms with E-state index in [1.54, 1.807) is 13.8 Å². The summed E-state index contributed by atoms with van der Waals surface area (Å²) in [7, 11) is -3.04. The number of rotatable bonds is 7. The van der Waals surface area contributed by atoms with Crippen molar-refractivity contribution >= 4 is 20.2 Å². The Hall–Kier alpha value is -0.472. The summed E-state index contributed by atoms with van der Waals surface area (Å²) in [5.74, 6) is -2.16. The molecule has 1 saturated carbocycles. The van der Waals surface area contributed by atoms with Gasteiger partial charge < -0.3 is 27.8 Å². The Labute approximate surface area is 177 Å².